The number of sulfone groups is 1. The van der Waals surface area contributed by atoms with Crippen molar-refractivity contribution < 1.29 is 32.2 Å². The van der Waals surface area contributed by atoms with Crippen molar-refractivity contribution >= 4 is 44.3 Å². The van der Waals surface area contributed by atoms with Crippen LogP contribution in [0.3, 0.4) is 0 Å². The standard InChI is InChI=1S/C23H20N4O7S2/c1-4-36(30,31)23-27-26-22(35-23)25-20(28)16(13-24)11-14-5-10-18(19(12-14)33-3)34-21(29)15-6-8-17(32-2)9-7-15/h5-12H,4H2,1-3H3,(H,25,26,28). The second kappa shape index (κ2) is 11.4. The molecular formula is C23H20N4O7S2. The van der Waals surface area contributed by atoms with Crippen molar-refractivity contribution in [3.8, 4) is 23.3 Å². The average molecular weight is 529 g/mol. The van der Waals surface area contributed by atoms with E-state index in [1.54, 1.807) is 30.3 Å². The quantitative estimate of drug-likeness (QED) is 0.144. The molecule has 0 saturated carbocycles. The van der Waals surface area contributed by atoms with E-state index in [0.717, 1.165) is 0 Å². The van der Waals surface area contributed by atoms with Crippen molar-refractivity contribution in [2.45, 2.75) is 11.3 Å². The van der Waals surface area contributed by atoms with Crippen molar-refractivity contribution in [2.75, 3.05) is 25.3 Å². The molecule has 3 rings (SSSR count). The van der Waals surface area contributed by atoms with Gasteiger partial charge in [0.05, 0.1) is 25.5 Å². The van der Waals surface area contributed by atoms with Gasteiger partial charge in [-0.2, -0.15) is 5.26 Å². The summed E-state index contributed by atoms with van der Waals surface area (Å²) in [6, 6.07) is 12.6. The predicted molar refractivity (Wildman–Crippen MR) is 131 cm³/mol. The molecule has 0 saturated heterocycles. The summed E-state index contributed by atoms with van der Waals surface area (Å²) in [6.07, 6.45) is 1.29. The average Bonchev–Trinajstić information content (AvgIpc) is 3.37. The first-order chi connectivity index (χ1) is 17.2. The molecule has 3 aromatic rings. The van der Waals surface area contributed by atoms with Gasteiger partial charge in [0, 0.05) is 0 Å². The first-order valence-electron chi connectivity index (χ1n) is 10.2. The topological polar surface area (TPSA) is 158 Å². The van der Waals surface area contributed by atoms with Crippen molar-refractivity contribution in [1.29, 1.82) is 5.26 Å². The summed E-state index contributed by atoms with van der Waals surface area (Å²) in [4.78, 5) is 25.0. The fourth-order valence-corrected chi connectivity index (χ4v) is 4.72. The van der Waals surface area contributed by atoms with Gasteiger partial charge >= 0.3 is 5.97 Å². The zero-order valence-electron chi connectivity index (χ0n) is 19.3. The lowest BCUT2D eigenvalue weighted by Crippen LogP contribution is -2.13. The van der Waals surface area contributed by atoms with Crippen LogP contribution in [0, 0.1) is 11.3 Å². The summed E-state index contributed by atoms with van der Waals surface area (Å²) in [5.41, 5.74) is 0.432. The number of anilines is 1. The molecule has 1 aromatic heterocycles. The highest BCUT2D eigenvalue weighted by molar-refractivity contribution is 7.93. The van der Waals surface area contributed by atoms with Crippen molar-refractivity contribution in [1.82, 2.24) is 10.2 Å². The number of aromatic nitrogens is 2. The van der Waals surface area contributed by atoms with Crippen LogP contribution in [0.1, 0.15) is 22.8 Å². The van der Waals surface area contributed by atoms with Crippen molar-refractivity contribution in [3.05, 3.63) is 59.2 Å². The van der Waals surface area contributed by atoms with E-state index < -0.39 is 21.7 Å². The van der Waals surface area contributed by atoms with Gasteiger partial charge in [-0.1, -0.05) is 24.3 Å². The fourth-order valence-electron chi connectivity index (χ4n) is 2.73. The molecule has 2 aromatic carbocycles. The van der Waals surface area contributed by atoms with Crippen LogP contribution in [0.4, 0.5) is 5.13 Å². The maximum absolute atomic E-state index is 12.5. The van der Waals surface area contributed by atoms with Gasteiger partial charge < -0.3 is 14.2 Å². The number of carbonyl (C=O) groups excluding carboxylic acids is 2. The molecule has 13 heteroatoms. The van der Waals surface area contributed by atoms with Crippen molar-refractivity contribution in [2.24, 2.45) is 0 Å². The fraction of sp³-hybridized carbons (Fsp3) is 0.174. The smallest absolute Gasteiger partial charge is 0.343 e. The Bertz CT molecular complexity index is 1460. The number of ether oxygens (including phenoxy) is 3. The second-order valence-corrected chi connectivity index (χ2v) is 10.4. The number of carbonyl (C=O) groups is 2. The van der Waals surface area contributed by atoms with Crippen LogP contribution >= 0.6 is 11.3 Å². The Kier molecular flexibility index (Phi) is 8.36. The summed E-state index contributed by atoms with van der Waals surface area (Å²) in [5, 5.41) is 19.0. The Morgan fingerprint density at radius 1 is 1.08 bits per heavy atom. The van der Waals surface area contributed by atoms with Gasteiger partial charge in [-0.15, -0.1) is 10.2 Å². The van der Waals surface area contributed by atoms with E-state index in [9.17, 15) is 23.3 Å². The molecular weight excluding hydrogens is 508 g/mol. The van der Waals surface area contributed by atoms with Gasteiger partial charge in [0.25, 0.3) is 5.91 Å². The number of methoxy groups -OCH3 is 2. The van der Waals surface area contributed by atoms with Gasteiger partial charge in [-0.25, -0.2) is 13.2 Å². The number of rotatable bonds is 9. The lowest BCUT2D eigenvalue weighted by molar-refractivity contribution is -0.112. The van der Waals surface area contributed by atoms with Gasteiger partial charge in [0.1, 0.15) is 17.4 Å². The maximum Gasteiger partial charge on any atom is 0.343 e. The molecule has 11 nitrogen and oxygen atoms in total. The van der Waals surface area contributed by atoms with Gasteiger partial charge in [0.15, 0.2) is 11.5 Å². The number of hydrogen-bond acceptors (Lipinski definition) is 11. The Hall–Kier alpha value is -4.28. The Balaban J connectivity index is 1.77. The van der Waals surface area contributed by atoms with Gasteiger partial charge in [0.2, 0.25) is 19.3 Å². The maximum atomic E-state index is 12.5. The molecule has 0 spiro atoms. The zero-order chi connectivity index (χ0) is 26.3. The Labute approximate surface area is 210 Å². The molecule has 186 valence electrons. The lowest BCUT2D eigenvalue weighted by Gasteiger charge is -2.10. The SMILES string of the molecule is CCS(=O)(=O)c1nnc(NC(=O)C(C#N)=Cc2ccc(OC(=O)c3ccc(OC)cc3)c(OC)c2)s1. The minimum absolute atomic E-state index is 0.0634. The number of hydrogen-bond donors (Lipinski definition) is 1. The summed E-state index contributed by atoms with van der Waals surface area (Å²) in [7, 11) is -0.677. The third-order valence-corrected chi connectivity index (χ3v) is 7.68. The Morgan fingerprint density at radius 2 is 1.81 bits per heavy atom. The largest absolute Gasteiger partial charge is 0.497 e. The Morgan fingerprint density at radius 3 is 2.42 bits per heavy atom. The van der Waals surface area contributed by atoms with E-state index in [2.05, 4.69) is 15.5 Å². The zero-order valence-corrected chi connectivity index (χ0v) is 21.0. The van der Waals surface area contributed by atoms with Crippen LogP contribution < -0.4 is 19.5 Å². The highest BCUT2D eigenvalue weighted by Gasteiger charge is 2.20. The molecule has 0 aliphatic rings. The number of benzene rings is 2. The molecule has 0 radical (unpaired) electrons. The molecule has 0 aliphatic carbocycles. The van der Waals surface area contributed by atoms with E-state index in [-0.39, 0.29) is 32.3 Å². The first-order valence-corrected chi connectivity index (χ1v) is 12.7. The van der Waals surface area contributed by atoms with Crippen LogP contribution in [0.5, 0.6) is 17.2 Å². The van der Waals surface area contributed by atoms with E-state index >= 15 is 0 Å². The molecule has 36 heavy (non-hydrogen) atoms. The molecule has 0 bridgehead atoms. The molecule has 0 aliphatic heterocycles. The highest BCUT2D eigenvalue weighted by atomic mass is 32.2. The second-order valence-electron chi connectivity index (χ2n) is 6.93. The van der Waals surface area contributed by atoms with E-state index in [0.29, 0.717) is 28.2 Å². The monoisotopic (exact) mass is 528 g/mol. The van der Waals surface area contributed by atoms with Crippen LogP contribution in [0.25, 0.3) is 6.08 Å². The van der Waals surface area contributed by atoms with Crippen LogP contribution in [-0.2, 0) is 14.6 Å². The number of nitrogens with zero attached hydrogens (tertiary/aromatic N) is 3. The van der Waals surface area contributed by atoms with Gasteiger partial charge in [-0.3, -0.25) is 10.1 Å². The van der Waals surface area contributed by atoms with E-state index in [1.165, 1.54) is 45.4 Å². The molecule has 0 atom stereocenters. The number of nitrogens with one attached hydrogen (secondary N) is 1. The van der Waals surface area contributed by atoms with E-state index in [1.807, 2.05) is 0 Å². The minimum atomic E-state index is -3.57. The summed E-state index contributed by atoms with van der Waals surface area (Å²) in [6.45, 7) is 1.46. The van der Waals surface area contributed by atoms with Gasteiger partial charge in [-0.05, 0) is 48.0 Å². The summed E-state index contributed by atoms with van der Waals surface area (Å²) < 4.78 is 39.3. The molecule has 1 N–H and O–H groups in total. The lowest BCUT2D eigenvalue weighted by atomic mass is 10.1. The third kappa shape index (κ3) is 6.23. The molecule has 1 heterocycles. The van der Waals surface area contributed by atoms with E-state index in [4.69, 9.17) is 14.2 Å². The van der Waals surface area contributed by atoms with Crippen LogP contribution in [-0.4, -0.2) is 50.5 Å². The summed E-state index contributed by atoms with van der Waals surface area (Å²) in [5.74, 6) is -0.651. The predicted octanol–water partition coefficient (Wildman–Crippen LogP) is 3.11. The molecule has 0 unspecified atom stereocenters. The summed E-state index contributed by atoms with van der Waals surface area (Å²) >= 11 is 0.687. The first kappa shape index (κ1) is 26.3. The minimum Gasteiger partial charge on any atom is -0.497 e. The number of nitriles is 1. The van der Waals surface area contributed by atoms with Crippen LogP contribution in [0.15, 0.2) is 52.4 Å². The van der Waals surface area contributed by atoms with Crippen LogP contribution in [0.2, 0.25) is 0 Å². The van der Waals surface area contributed by atoms with Crippen molar-refractivity contribution in [3.63, 3.8) is 0 Å². The molecule has 0 fully saturated rings. The normalized spacial score (nSPS) is 11.3. The highest BCUT2D eigenvalue weighted by Crippen LogP contribution is 2.30. The number of esters is 1. The number of amides is 1. The molecule has 1 amide bonds. The third-order valence-electron chi connectivity index (χ3n) is 4.67.